The zero-order chi connectivity index (χ0) is 10.5. The second-order valence-corrected chi connectivity index (χ2v) is 5.03. The van der Waals surface area contributed by atoms with Gasteiger partial charge in [0.1, 0.15) is 0 Å². The van der Waals surface area contributed by atoms with E-state index in [1.807, 2.05) is 0 Å². The lowest BCUT2D eigenvalue weighted by molar-refractivity contribution is 0.144. The van der Waals surface area contributed by atoms with E-state index in [9.17, 15) is 0 Å². The minimum atomic E-state index is 0.362. The monoisotopic (exact) mass is 228 g/mol. The van der Waals surface area contributed by atoms with Crippen molar-refractivity contribution in [2.24, 2.45) is 5.92 Å². The predicted molar refractivity (Wildman–Crippen MR) is 64.4 cm³/mol. The highest BCUT2D eigenvalue weighted by molar-refractivity contribution is 6.19. The molecule has 2 fully saturated rings. The van der Waals surface area contributed by atoms with E-state index >= 15 is 0 Å². The maximum absolute atomic E-state index is 6.06. The number of ether oxygens (including phenoxy) is 1. The number of halogens is 1. The number of allylic oxidation sites excluding steroid dienone is 1. The van der Waals surface area contributed by atoms with Crippen LogP contribution in [0.5, 0.6) is 0 Å². The van der Waals surface area contributed by atoms with Gasteiger partial charge in [0.2, 0.25) is 0 Å². The average molecular weight is 229 g/mol. The van der Waals surface area contributed by atoms with Gasteiger partial charge in [0, 0.05) is 12.5 Å². The van der Waals surface area contributed by atoms with Crippen molar-refractivity contribution in [2.75, 3.05) is 12.5 Å². The summed E-state index contributed by atoms with van der Waals surface area (Å²) in [5.74, 6) is 1.45. The van der Waals surface area contributed by atoms with Gasteiger partial charge in [-0.25, -0.2) is 0 Å². The van der Waals surface area contributed by atoms with Crippen LogP contribution in [0.4, 0.5) is 0 Å². The lowest BCUT2D eigenvalue weighted by Crippen LogP contribution is -2.13. The van der Waals surface area contributed by atoms with Gasteiger partial charge in [0.05, 0.1) is 6.10 Å². The van der Waals surface area contributed by atoms with E-state index in [4.69, 9.17) is 16.3 Å². The van der Waals surface area contributed by atoms with Gasteiger partial charge in [-0.05, 0) is 31.6 Å². The fraction of sp³-hybridized carbons (Fsp3) is 0.846. The summed E-state index contributed by atoms with van der Waals surface area (Å²) in [7, 11) is 0. The zero-order valence-corrected chi connectivity index (χ0v) is 10.1. The first-order valence-electron chi connectivity index (χ1n) is 6.28. The van der Waals surface area contributed by atoms with Gasteiger partial charge < -0.3 is 4.74 Å². The molecule has 1 aliphatic carbocycles. The Kier molecular flexibility index (Phi) is 4.52. The molecule has 1 nitrogen and oxygen atoms in total. The average Bonchev–Trinajstić information content (AvgIpc) is 2.80. The normalized spacial score (nSPS) is 29.7. The van der Waals surface area contributed by atoms with E-state index < -0.39 is 0 Å². The van der Waals surface area contributed by atoms with Crippen LogP contribution in [0.3, 0.4) is 0 Å². The first kappa shape index (κ1) is 11.5. The Labute approximate surface area is 97.8 Å². The summed E-state index contributed by atoms with van der Waals surface area (Å²) in [5.41, 5.74) is 1.45. The molecule has 0 spiro atoms. The van der Waals surface area contributed by atoms with E-state index in [2.05, 4.69) is 6.08 Å². The van der Waals surface area contributed by atoms with Gasteiger partial charge in [-0.15, -0.1) is 11.6 Å². The molecular formula is C13H21ClO. The molecule has 0 aromatic carbocycles. The first-order chi connectivity index (χ1) is 7.40. The Balaban J connectivity index is 1.94. The molecule has 1 saturated carbocycles. The van der Waals surface area contributed by atoms with Gasteiger partial charge >= 0.3 is 0 Å². The molecule has 1 aliphatic heterocycles. The van der Waals surface area contributed by atoms with Gasteiger partial charge in [0.15, 0.2) is 0 Å². The highest BCUT2D eigenvalue weighted by Crippen LogP contribution is 2.31. The third kappa shape index (κ3) is 3.22. The Hall–Kier alpha value is -0.0100. The van der Waals surface area contributed by atoms with Crippen LogP contribution >= 0.6 is 11.6 Å². The molecule has 0 amide bonds. The lowest BCUT2D eigenvalue weighted by atomic mass is 9.84. The molecule has 2 heteroatoms. The number of hydrogen-bond acceptors (Lipinski definition) is 1. The van der Waals surface area contributed by atoms with Crippen molar-refractivity contribution in [3.8, 4) is 0 Å². The fourth-order valence-electron chi connectivity index (χ4n) is 2.74. The molecule has 1 atom stereocenters. The maximum atomic E-state index is 6.06. The molecule has 2 rings (SSSR count). The van der Waals surface area contributed by atoms with E-state index in [-0.39, 0.29) is 0 Å². The third-order valence-electron chi connectivity index (χ3n) is 3.65. The number of rotatable bonds is 3. The van der Waals surface area contributed by atoms with Gasteiger partial charge in [-0.2, -0.15) is 0 Å². The van der Waals surface area contributed by atoms with Crippen molar-refractivity contribution in [3.05, 3.63) is 11.6 Å². The van der Waals surface area contributed by atoms with Crippen molar-refractivity contribution < 1.29 is 4.74 Å². The molecule has 1 heterocycles. The zero-order valence-electron chi connectivity index (χ0n) is 9.38. The van der Waals surface area contributed by atoms with Crippen LogP contribution in [0, 0.1) is 5.92 Å². The molecule has 0 aromatic rings. The molecular weight excluding hydrogens is 208 g/mol. The third-order valence-corrected chi connectivity index (χ3v) is 3.96. The second-order valence-electron chi connectivity index (χ2n) is 4.76. The maximum Gasteiger partial charge on any atom is 0.0759 e. The van der Waals surface area contributed by atoms with Crippen LogP contribution in [0.1, 0.15) is 44.9 Å². The summed E-state index contributed by atoms with van der Waals surface area (Å²) in [4.78, 5) is 0. The second kappa shape index (κ2) is 5.91. The van der Waals surface area contributed by atoms with Crippen LogP contribution in [-0.2, 0) is 4.74 Å². The summed E-state index contributed by atoms with van der Waals surface area (Å²) >= 11 is 6.06. The minimum absolute atomic E-state index is 0.362. The van der Waals surface area contributed by atoms with Crippen LogP contribution in [-0.4, -0.2) is 18.6 Å². The van der Waals surface area contributed by atoms with E-state index in [0.29, 0.717) is 12.0 Å². The van der Waals surface area contributed by atoms with Crippen molar-refractivity contribution in [2.45, 2.75) is 51.0 Å². The lowest BCUT2D eigenvalue weighted by Gasteiger charge is -2.24. The van der Waals surface area contributed by atoms with Crippen molar-refractivity contribution in [3.63, 3.8) is 0 Å². The Morgan fingerprint density at radius 2 is 1.93 bits per heavy atom. The van der Waals surface area contributed by atoms with Gasteiger partial charge in [-0.3, -0.25) is 0 Å². The Morgan fingerprint density at radius 1 is 1.13 bits per heavy atom. The van der Waals surface area contributed by atoms with Gasteiger partial charge in [0.25, 0.3) is 0 Å². The minimum Gasteiger partial charge on any atom is -0.374 e. The van der Waals surface area contributed by atoms with E-state index in [0.717, 1.165) is 12.5 Å². The van der Waals surface area contributed by atoms with Crippen LogP contribution in [0.15, 0.2) is 11.6 Å². The molecule has 0 bridgehead atoms. The molecule has 1 saturated heterocycles. The largest absolute Gasteiger partial charge is 0.374 e. The summed E-state index contributed by atoms with van der Waals surface area (Å²) in [6.07, 6.45) is 11.9. The predicted octanol–water partition coefficient (Wildman–Crippen LogP) is 3.91. The summed E-state index contributed by atoms with van der Waals surface area (Å²) < 4.78 is 5.64. The van der Waals surface area contributed by atoms with E-state index in [1.165, 1.54) is 50.5 Å². The van der Waals surface area contributed by atoms with Crippen molar-refractivity contribution in [1.29, 1.82) is 0 Å². The number of hydrogen-bond donors (Lipinski definition) is 0. The summed E-state index contributed by atoms with van der Waals surface area (Å²) in [6, 6.07) is 0. The topological polar surface area (TPSA) is 9.23 Å². The molecule has 86 valence electrons. The first-order valence-corrected chi connectivity index (χ1v) is 6.82. The van der Waals surface area contributed by atoms with Crippen molar-refractivity contribution in [1.82, 2.24) is 0 Å². The smallest absolute Gasteiger partial charge is 0.0759 e. The van der Waals surface area contributed by atoms with Gasteiger partial charge in [-0.1, -0.05) is 30.9 Å². The molecule has 1 unspecified atom stereocenters. The van der Waals surface area contributed by atoms with Crippen LogP contribution in [0.2, 0.25) is 0 Å². The highest BCUT2D eigenvalue weighted by atomic mass is 35.5. The summed E-state index contributed by atoms with van der Waals surface area (Å²) in [5, 5.41) is 0. The SMILES string of the molecule is ClC/C(=C/C1CCCO1)C1CCCCC1. The number of alkyl halides is 1. The molecule has 0 N–H and O–H groups in total. The van der Waals surface area contributed by atoms with Crippen LogP contribution in [0.25, 0.3) is 0 Å². The van der Waals surface area contributed by atoms with Crippen LogP contribution < -0.4 is 0 Å². The fourth-order valence-corrected chi connectivity index (χ4v) is 3.04. The standard InChI is InChI=1S/C13H21ClO/c14-10-12(9-13-7-4-8-15-13)11-5-2-1-3-6-11/h9,11,13H,1-8,10H2/b12-9-. The highest BCUT2D eigenvalue weighted by Gasteiger charge is 2.20. The molecule has 0 radical (unpaired) electrons. The van der Waals surface area contributed by atoms with E-state index in [1.54, 1.807) is 0 Å². The Morgan fingerprint density at radius 3 is 2.53 bits per heavy atom. The molecule has 15 heavy (non-hydrogen) atoms. The molecule has 2 aliphatic rings. The van der Waals surface area contributed by atoms with Crippen molar-refractivity contribution >= 4 is 11.6 Å². The quantitative estimate of drug-likeness (QED) is 0.526. The Bertz CT molecular complexity index is 213. The molecule has 0 aromatic heterocycles. The summed E-state index contributed by atoms with van der Waals surface area (Å²) in [6.45, 7) is 0.932.